The van der Waals surface area contributed by atoms with E-state index in [4.69, 9.17) is 0 Å². The average molecular weight is 278 g/mol. The average Bonchev–Trinajstić information content (AvgIpc) is 2.62. The van der Waals surface area contributed by atoms with Crippen molar-refractivity contribution in [2.75, 3.05) is 13.1 Å². The normalized spacial score (nSPS) is 28.5. The molecule has 5 heteroatoms. The van der Waals surface area contributed by atoms with Crippen LogP contribution in [0.1, 0.15) is 4.88 Å². The second-order valence-corrected chi connectivity index (χ2v) is 5.47. The number of nitrogens with zero attached hydrogens (tertiary/aromatic N) is 1. The third kappa shape index (κ3) is 2.35. The largest absolute Gasteiger partial charge is 0.389 e. The fourth-order valence-corrected chi connectivity index (χ4v) is 3.13. The Bertz CT molecular complexity index is 308. The number of hydrogen-bond donors (Lipinski definition) is 2. The van der Waals surface area contributed by atoms with E-state index >= 15 is 0 Å². The van der Waals surface area contributed by atoms with Crippen LogP contribution >= 0.6 is 27.3 Å². The maximum absolute atomic E-state index is 9.35. The molecule has 3 nitrogen and oxygen atoms in total. The molecule has 2 rings (SSSR count). The summed E-state index contributed by atoms with van der Waals surface area (Å²) in [5, 5.41) is 20.7. The first-order chi connectivity index (χ1) is 6.65. The van der Waals surface area contributed by atoms with E-state index in [2.05, 4.69) is 26.9 Å². The number of thiophene rings is 1. The van der Waals surface area contributed by atoms with Gasteiger partial charge in [-0.2, -0.15) is 0 Å². The Morgan fingerprint density at radius 3 is 2.57 bits per heavy atom. The molecular formula is C9H12BrNO2S. The molecule has 0 aromatic carbocycles. The van der Waals surface area contributed by atoms with Gasteiger partial charge in [0.1, 0.15) is 0 Å². The van der Waals surface area contributed by atoms with Crippen LogP contribution in [0.2, 0.25) is 0 Å². The molecule has 1 aliphatic rings. The van der Waals surface area contributed by atoms with Gasteiger partial charge in [0.2, 0.25) is 0 Å². The molecule has 2 atom stereocenters. The summed E-state index contributed by atoms with van der Waals surface area (Å²) >= 11 is 5.09. The molecule has 14 heavy (non-hydrogen) atoms. The summed E-state index contributed by atoms with van der Waals surface area (Å²) in [6.45, 7) is 1.94. The Labute approximate surface area is 95.1 Å². The lowest BCUT2D eigenvalue weighted by molar-refractivity contribution is 0.0572. The maximum Gasteiger partial charge on any atom is 0.0938 e. The zero-order valence-corrected chi connectivity index (χ0v) is 9.96. The van der Waals surface area contributed by atoms with Gasteiger partial charge in [0.15, 0.2) is 0 Å². The van der Waals surface area contributed by atoms with Gasteiger partial charge in [0, 0.05) is 34.4 Å². The van der Waals surface area contributed by atoms with Gasteiger partial charge in [-0.3, -0.25) is 4.90 Å². The number of hydrogen-bond acceptors (Lipinski definition) is 4. The highest BCUT2D eigenvalue weighted by atomic mass is 79.9. The van der Waals surface area contributed by atoms with Gasteiger partial charge in [0.25, 0.3) is 0 Å². The molecule has 2 N–H and O–H groups in total. The molecule has 1 aromatic heterocycles. The van der Waals surface area contributed by atoms with Gasteiger partial charge in [-0.1, -0.05) is 0 Å². The molecule has 78 valence electrons. The molecule has 0 unspecified atom stereocenters. The minimum Gasteiger partial charge on any atom is -0.389 e. The van der Waals surface area contributed by atoms with E-state index in [0.29, 0.717) is 13.1 Å². The van der Waals surface area contributed by atoms with Gasteiger partial charge < -0.3 is 10.2 Å². The first-order valence-corrected chi connectivity index (χ1v) is 6.14. The Morgan fingerprint density at radius 2 is 2.07 bits per heavy atom. The lowest BCUT2D eigenvalue weighted by Crippen LogP contribution is -2.22. The summed E-state index contributed by atoms with van der Waals surface area (Å²) in [5.74, 6) is 0. The van der Waals surface area contributed by atoms with E-state index in [0.717, 1.165) is 11.0 Å². The van der Waals surface area contributed by atoms with E-state index in [9.17, 15) is 10.2 Å². The Hall–Kier alpha value is 0.0600. The summed E-state index contributed by atoms with van der Waals surface area (Å²) < 4.78 is 1.10. The fourth-order valence-electron chi connectivity index (χ4n) is 1.63. The predicted molar refractivity (Wildman–Crippen MR) is 59.3 cm³/mol. The van der Waals surface area contributed by atoms with Crippen molar-refractivity contribution >= 4 is 27.3 Å². The van der Waals surface area contributed by atoms with Crippen LogP contribution in [-0.2, 0) is 6.54 Å². The van der Waals surface area contributed by atoms with Gasteiger partial charge in [-0.15, -0.1) is 11.3 Å². The zero-order valence-electron chi connectivity index (χ0n) is 7.56. The molecule has 0 saturated carbocycles. The van der Waals surface area contributed by atoms with Gasteiger partial charge in [0.05, 0.1) is 12.2 Å². The number of β-amino-alcohol motifs (C(OH)–C–C–N with tert-alkyl or cyclic N) is 2. The second kappa shape index (κ2) is 4.28. The van der Waals surface area contributed by atoms with Crippen LogP contribution in [0.25, 0.3) is 0 Å². The van der Waals surface area contributed by atoms with Crippen LogP contribution in [0.15, 0.2) is 15.9 Å². The Balaban J connectivity index is 1.93. The van der Waals surface area contributed by atoms with Crippen molar-refractivity contribution in [1.29, 1.82) is 0 Å². The van der Waals surface area contributed by atoms with Crippen molar-refractivity contribution in [2.45, 2.75) is 18.8 Å². The van der Waals surface area contributed by atoms with Crippen molar-refractivity contribution < 1.29 is 10.2 Å². The quantitative estimate of drug-likeness (QED) is 0.850. The van der Waals surface area contributed by atoms with Crippen molar-refractivity contribution in [2.24, 2.45) is 0 Å². The highest BCUT2D eigenvalue weighted by Crippen LogP contribution is 2.22. The van der Waals surface area contributed by atoms with Crippen LogP contribution in [0, 0.1) is 0 Å². The highest BCUT2D eigenvalue weighted by molar-refractivity contribution is 9.10. The first-order valence-electron chi connectivity index (χ1n) is 4.46. The smallest absolute Gasteiger partial charge is 0.0938 e. The summed E-state index contributed by atoms with van der Waals surface area (Å²) in [7, 11) is 0. The van der Waals surface area contributed by atoms with E-state index in [1.54, 1.807) is 11.3 Å². The highest BCUT2D eigenvalue weighted by Gasteiger charge is 2.29. The van der Waals surface area contributed by atoms with E-state index < -0.39 is 12.2 Å². The Morgan fingerprint density at radius 1 is 1.43 bits per heavy atom. The maximum atomic E-state index is 9.35. The van der Waals surface area contributed by atoms with Gasteiger partial charge in [-0.05, 0) is 22.0 Å². The molecule has 2 heterocycles. The van der Waals surface area contributed by atoms with Crippen molar-refractivity contribution in [1.82, 2.24) is 4.90 Å². The van der Waals surface area contributed by atoms with Crippen LogP contribution in [-0.4, -0.2) is 40.4 Å². The molecule has 1 aliphatic heterocycles. The minimum absolute atomic E-state index is 0.566. The topological polar surface area (TPSA) is 43.7 Å². The number of likely N-dealkylation sites (tertiary alicyclic amines) is 1. The molecule has 0 bridgehead atoms. The molecule has 0 amide bonds. The van der Waals surface area contributed by atoms with Crippen LogP contribution in [0.5, 0.6) is 0 Å². The standard InChI is InChI=1S/C9H12BrNO2S/c10-6-1-7(14-5-6)2-11-3-8(12)9(13)4-11/h1,5,8-9,12-13H,2-4H2/t8-,9+. The summed E-state index contributed by atoms with van der Waals surface area (Å²) in [6.07, 6.45) is -1.17. The van der Waals surface area contributed by atoms with E-state index in [-0.39, 0.29) is 0 Å². The Kier molecular flexibility index (Phi) is 3.23. The molecular weight excluding hydrogens is 266 g/mol. The molecule has 0 spiro atoms. The van der Waals surface area contributed by atoms with Crippen LogP contribution < -0.4 is 0 Å². The van der Waals surface area contributed by atoms with Crippen molar-refractivity contribution in [3.05, 3.63) is 20.8 Å². The molecule has 1 fully saturated rings. The molecule has 0 radical (unpaired) electrons. The summed E-state index contributed by atoms with van der Waals surface area (Å²) in [4.78, 5) is 3.31. The first kappa shape index (κ1) is 10.6. The zero-order chi connectivity index (χ0) is 10.1. The third-order valence-electron chi connectivity index (χ3n) is 2.34. The van der Waals surface area contributed by atoms with E-state index in [1.807, 2.05) is 5.38 Å². The van der Waals surface area contributed by atoms with Crippen molar-refractivity contribution in [3.63, 3.8) is 0 Å². The molecule has 1 saturated heterocycles. The molecule has 0 aliphatic carbocycles. The lowest BCUT2D eigenvalue weighted by Gasteiger charge is -2.12. The van der Waals surface area contributed by atoms with Gasteiger partial charge >= 0.3 is 0 Å². The second-order valence-electron chi connectivity index (χ2n) is 3.56. The monoisotopic (exact) mass is 277 g/mol. The minimum atomic E-state index is -0.585. The molecule has 1 aromatic rings. The number of aliphatic hydroxyl groups is 2. The summed E-state index contributed by atoms with van der Waals surface area (Å²) in [5.41, 5.74) is 0. The van der Waals surface area contributed by atoms with E-state index in [1.165, 1.54) is 4.88 Å². The fraction of sp³-hybridized carbons (Fsp3) is 0.556. The number of rotatable bonds is 2. The van der Waals surface area contributed by atoms with Crippen molar-refractivity contribution in [3.8, 4) is 0 Å². The summed E-state index contributed by atoms with van der Waals surface area (Å²) in [6, 6.07) is 2.07. The SMILES string of the molecule is O[C@@H]1CN(Cc2cc(Br)cs2)C[C@@H]1O. The third-order valence-corrected chi connectivity index (χ3v) is 4.02. The number of halogens is 1. The van der Waals surface area contributed by atoms with Gasteiger partial charge in [-0.25, -0.2) is 0 Å². The number of aliphatic hydroxyl groups excluding tert-OH is 2. The predicted octanol–water partition coefficient (Wildman–Crippen LogP) is 1.05. The lowest BCUT2D eigenvalue weighted by atomic mass is 10.3. The van der Waals surface area contributed by atoms with Crippen LogP contribution in [0.3, 0.4) is 0 Å². The van der Waals surface area contributed by atoms with Crippen LogP contribution in [0.4, 0.5) is 0 Å².